The van der Waals surface area contributed by atoms with Crippen LogP contribution in [0.4, 0.5) is 0 Å². The molecule has 0 aromatic heterocycles. The van der Waals surface area contributed by atoms with E-state index in [4.69, 9.17) is 9.47 Å². The molecule has 1 N–H and O–H groups in total. The summed E-state index contributed by atoms with van der Waals surface area (Å²) in [5.74, 6) is -1.70. The van der Waals surface area contributed by atoms with Crippen molar-refractivity contribution in [3.8, 4) is 0 Å². The van der Waals surface area contributed by atoms with Crippen molar-refractivity contribution < 1.29 is 24.2 Å². The number of ether oxygens (including phenoxy) is 2. The highest BCUT2D eigenvalue weighted by Crippen LogP contribution is 2.20. The Labute approximate surface area is 117 Å². The van der Waals surface area contributed by atoms with Gasteiger partial charge in [0.1, 0.15) is 18.8 Å². The highest BCUT2D eigenvalue weighted by molar-refractivity contribution is 5.75. The molecule has 0 radical (unpaired) electrons. The lowest BCUT2D eigenvalue weighted by Crippen LogP contribution is -2.39. The second-order valence-corrected chi connectivity index (χ2v) is 4.90. The van der Waals surface area contributed by atoms with Crippen LogP contribution >= 0.6 is 0 Å². The number of aliphatic hydroxyl groups is 1. The first kappa shape index (κ1) is 14.5. The van der Waals surface area contributed by atoms with Gasteiger partial charge in [-0.15, -0.1) is 0 Å². The maximum absolute atomic E-state index is 12.0. The minimum atomic E-state index is -1.08. The highest BCUT2D eigenvalue weighted by atomic mass is 16.6. The predicted octanol–water partition coefficient (Wildman–Crippen LogP) is 1.08. The van der Waals surface area contributed by atoms with Gasteiger partial charge in [0.05, 0.1) is 12.3 Å². The maximum atomic E-state index is 12.0. The SMILES string of the molecule is C[C@@H]1OC(=O)CCOC(=O)[C@H](Cc2ccccc2)C1O. The number of rotatable bonds is 2. The molecule has 5 nitrogen and oxygen atoms in total. The van der Waals surface area contributed by atoms with Crippen molar-refractivity contribution in [3.05, 3.63) is 35.9 Å². The lowest BCUT2D eigenvalue weighted by molar-refractivity contribution is -0.158. The molecule has 20 heavy (non-hydrogen) atoms. The third-order valence-electron chi connectivity index (χ3n) is 3.36. The Morgan fingerprint density at radius 3 is 2.65 bits per heavy atom. The molecule has 1 fully saturated rings. The monoisotopic (exact) mass is 278 g/mol. The Morgan fingerprint density at radius 1 is 1.25 bits per heavy atom. The van der Waals surface area contributed by atoms with E-state index in [0.717, 1.165) is 5.56 Å². The Balaban J connectivity index is 2.17. The number of esters is 2. The molecule has 1 heterocycles. The van der Waals surface area contributed by atoms with Crippen LogP contribution in [0.15, 0.2) is 30.3 Å². The molecular formula is C15H18O5. The standard InChI is InChI=1S/C15H18O5/c1-10-14(17)12(9-11-5-3-2-4-6-11)15(18)19-8-7-13(16)20-10/h2-6,10,12,14,17H,7-9H2,1H3/t10-,12+,14?/m0/s1. The minimum absolute atomic E-state index is 0.0115. The Hall–Kier alpha value is -1.88. The summed E-state index contributed by atoms with van der Waals surface area (Å²) in [6, 6.07) is 9.37. The largest absolute Gasteiger partial charge is 0.465 e. The third-order valence-corrected chi connectivity index (χ3v) is 3.36. The summed E-state index contributed by atoms with van der Waals surface area (Å²) in [6.45, 7) is 1.57. The first-order valence-electron chi connectivity index (χ1n) is 6.66. The number of cyclic esters (lactones) is 2. The van der Waals surface area contributed by atoms with Crippen molar-refractivity contribution in [2.45, 2.75) is 32.0 Å². The number of carbonyl (C=O) groups excluding carboxylic acids is 2. The van der Waals surface area contributed by atoms with Crippen LogP contribution in [0.3, 0.4) is 0 Å². The van der Waals surface area contributed by atoms with Crippen molar-refractivity contribution in [2.24, 2.45) is 5.92 Å². The van der Waals surface area contributed by atoms with Crippen LogP contribution in [-0.2, 0) is 25.5 Å². The molecule has 5 heteroatoms. The molecule has 108 valence electrons. The number of hydrogen-bond acceptors (Lipinski definition) is 5. The average Bonchev–Trinajstić information content (AvgIpc) is 2.47. The van der Waals surface area contributed by atoms with Gasteiger partial charge in [0.25, 0.3) is 0 Å². The molecule has 1 aliphatic rings. The Bertz CT molecular complexity index is 470. The van der Waals surface area contributed by atoms with Crippen LogP contribution < -0.4 is 0 Å². The average molecular weight is 278 g/mol. The Morgan fingerprint density at radius 2 is 1.95 bits per heavy atom. The van der Waals surface area contributed by atoms with Gasteiger partial charge in [0.15, 0.2) is 0 Å². The molecule has 0 spiro atoms. The topological polar surface area (TPSA) is 72.8 Å². The summed E-state index contributed by atoms with van der Waals surface area (Å²) in [5.41, 5.74) is 0.922. The van der Waals surface area contributed by atoms with Crippen LogP contribution in [0.1, 0.15) is 18.9 Å². The summed E-state index contributed by atoms with van der Waals surface area (Å²) >= 11 is 0. The van der Waals surface area contributed by atoms with Gasteiger partial charge in [-0.2, -0.15) is 0 Å². The fraction of sp³-hybridized carbons (Fsp3) is 0.467. The molecule has 1 aromatic carbocycles. The van der Waals surface area contributed by atoms with E-state index in [1.165, 1.54) is 0 Å². The summed E-state index contributed by atoms with van der Waals surface area (Å²) in [4.78, 5) is 23.4. The number of aliphatic hydroxyl groups excluding tert-OH is 1. The van der Waals surface area contributed by atoms with Crippen LogP contribution in [0.2, 0.25) is 0 Å². The number of benzene rings is 1. The molecule has 0 bridgehead atoms. The van der Waals surface area contributed by atoms with Crippen molar-refractivity contribution >= 4 is 11.9 Å². The van der Waals surface area contributed by atoms with E-state index in [0.29, 0.717) is 6.42 Å². The zero-order valence-corrected chi connectivity index (χ0v) is 11.3. The normalized spacial score (nSPS) is 27.8. The van der Waals surface area contributed by atoms with E-state index in [1.54, 1.807) is 6.92 Å². The van der Waals surface area contributed by atoms with Gasteiger partial charge in [0.2, 0.25) is 0 Å². The van der Waals surface area contributed by atoms with Crippen molar-refractivity contribution in [3.63, 3.8) is 0 Å². The molecule has 0 aliphatic carbocycles. The zero-order valence-electron chi connectivity index (χ0n) is 11.3. The molecule has 2 rings (SSSR count). The summed E-state index contributed by atoms with van der Waals surface area (Å²) < 4.78 is 10.1. The second kappa shape index (κ2) is 6.52. The minimum Gasteiger partial charge on any atom is -0.465 e. The maximum Gasteiger partial charge on any atom is 0.312 e. The predicted molar refractivity (Wildman–Crippen MR) is 70.8 cm³/mol. The van der Waals surface area contributed by atoms with Crippen molar-refractivity contribution in [1.29, 1.82) is 0 Å². The van der Waals surface area contributed by atoms with Crippen molar-refractivity contribution in [2.75, 3.05) is 6.61 Å². The van der Waals surface area contributed by atoms with Gasteiger partial charge in [-0.3, -0.25) is 9.59 Å². The van der Waals surface area contributed by atoms with Crippen LogP contribution in [0.25, 0.3) is 0 Å². The first-order valence-corrected chi connectivity index (χ1v) is 6.66. The van der Waals surface area contributed by atoms with Crippen LogP contribution in [-0.4, -0.2) is 35.9 Å². The van der Waals surface area contributed by atoms with Crippen LogP contribution in [0, 0.1) is 5.92 Å². The van der Waals surface area contributed by atoms with E-state index < -0.39 is 30.1 Å². The van der Waals surface area contributed by atoms with Crippen LogP contribution in [0.5, 0.6) is 0 Å². The van der Waals surface area contributed by atoms with E-state index >= 15 is 0 Å². The van der Waals surface area contributed by atoms with E-state index in [1.807, 2.05) is 30.3 Å². The summed E-state index contributed by atoms with van der Waals surface area (Å²) in [7, 11) is 0. The fourth-order valence-electron chi connectivity index (χ4n) is 2.22. The zero-order chi connectivity index (χ0) is 14.5. The first-order chi connectivity index (χ1) is 9.58. The number of carbonyl (C=O) groups is 2. The van der Waals surface area contributed by atoms with E-state index in [9.17, 15) is 14.7 Å². The molecule has 1 aromatic rings. The van der Waals surface area contributed by atoms with Gasteiger partial charge in [-0.25, -0.2) is 0 Å². The van der Waals surface area contributed by atoms with Gasteiger partial charge in [0, 0.05) is 0 Å². The molecule has 1 saturated heterocycles. The molecule has 1 aliphatic heterocycles. The van der Waals surface area contributed by atoms with Gasteiger partial charge in [-0.1, -0.05) is 30.3 Å². The van der Waals surface area contributed by atoms with Gasteiger partial charge < -0.3 is 14.6 Å². The molecule has 0 saturated carbocycles. The van der Waals surface area contributed by atoms with Gasteiger partial charge >= 0.3 is 11.9 Å². The lowest BCUT2D eigenvalue weighted by Gasteiger charge is -2.24. The van der Waals surface area contributed by atoms with Crippen molar-refractivity contribution in [1.82, 2.24) is 0 Å². The highest BCUT2D eigenvalue weighted by Gasteiger charge is 2.35. The molecule has 3 atom stereocenters. The number of hydrogen-bond donors (Lipinski definition) is 1. The molecule has 0 amide bonds. The van der Waals surface area contributed by atoms with Gasteiger partial charge in [-0.05, 0) is 18.9 Å². The van der Waals surface area contributed by atoms with E-state index in [-0.39, 0.29) is 13.0 Å². The second-order valence-electron chi connectivity index (χ2n) is 4.90. The smallest absolute Gasteiger partial charge is 0.312 e. The fourth-order valence-corrected chi connectivity index (χ4v) is 2.22. The van der Waals surface area contributed by atoms with E-state index in [2.05, 4.69) is 0 Å². The Kier molecular flexibility index (Phi) is 4.74. The summed E-state index contributed by atoms with van der Waals surface area (Å²) in [6.07, 6.45) is -1.45. The quantitative estimate of drug-likeness (QED) is 0.820. The molecule has 1 unspecified atom stereocenters. The summed E-state index contributed by atoms with van der Waals surface area (Å²) in [5, 5.41) is 10.2. The molecular weight excluding hydrogens is 260 g/mol. The lowest BCUT2D eigenvalue weighted by atomic mass is 9.91. The third kappa shape index (κ3) is 3.57.